The van der Waals surface area contributed by atoms with Gasteiger partial charge in [0.2, 0.25) is 0 Å². The Labute approximate surface area is 123 Å². The van der Waals surface area contributed by atoms with Crippen LogP contribution >= 0.6 is 0 Å². The summed E-state index contributed by atoms with van der Waals surface area (Å²) in [5.74, 6) is -0.973. The number of benzene rings is 2. The zero-order valence-corrected chi connectivity index (χ0v) is 12.2. The van der Waals surface area contributed by atoms with Crippen molar-refractivity contribution in [2.75, 3.05) is 6.26 Å². The second-order valence-electron chi connectivity index (χ2n) is 4.74. The fourth-order valence-corrected chi connectivity index (χ4v) is 2.75. The highest BCUT2D eigenvalue weighted by Crippen LogP contribution is 2.30. The molecule has 0 heterocycles. The molecule has 0 aromatic heterocycles. The number of carbonyl (C=O) groups excluding carboxylic acids is 1. The Balaban J connectivity index is 2.68. The lowest BCUT2D eigenvalue weighted by molar-refractivity contribution is -0.133. The van der Waals surface area contributed by atoms with Crippen LogP contribution in [0.25, 0.3) is 0 Å². The van der Waals surface area contributed by atoms with E-state index in [0.29, 0.717) is 0 Å². The predicted octanol–water partition coefficient (Wildman–Crippen LogP) is 0.811. The summed E-state index contributed by atoms with van der Waals surface area (Å²) < 4.78 is 23.2. The number of hydrogen-bond acceptors (Lipinski definition) is 4. The zero-order chi connectivity index (χ0) is 15.7. The molecule has 2 aromatic carbocycles. The van der Waals surface area contributed by atoms with Crippen molar-refractivity contribution in [3.05, 3.63) is 65.7 Å². The lowest BCUT2D eigenvalue weighted by Crippen LogP contribution is -2.42. The molecule has 1 atom stereocenters. The maximum Gasteiger partial charge on any atom is 0.258 e. The van der Waals surface area contributed by atoms with Gasteiger partial charge in [-0.05, 0) is 23.3 Å². The number of carbonyl (C=O) groups is 1. The highest BCUT2D eigenvalue weighted by Gasteiger charge is 2.38. The summed E-state index contributed by atoms with van der Waals surface area (Å²) >= 11 is 0. The Morgan fingerprint density at radius 2 is 1.62 bits per heavy atom. The largest absolute Gasteiger partial charge is 0.372 e. The van der Waals surface area contributed by atoms with E-state index < -0.39 is 21.3 Å². The molecule has 1 unspecified atom stereocenters. The molecule has 0 fully saturated rings. The third kappa shape index (κ3) is 2.81. The highest BCUT2D eigenvalue weighted by molar-refractivity contribution is 7.90. The van der Waals surface area contributed by atoms with E-state index in [-0.39, 0.29) is 16.0 Å². The van der Waals surface area contributed by atoms with Crippen molar-refractivity contribution in [3.63, 3.8) is 0 Å². The summed E-state index contributed by atoms with van der Waals surface area (Å²) in [7, 11) is -3.46. The minimum Gasteiger partial charge on any atom is -0.372 e. The molecule has 0 spiro atoms. The van der Waals surface area contributed by atoms with Crippen molar-refractivity contribution >= 4 is 15.7 Å². The first-order valence-corrected chi connectivity index (χ1v) is 8.04. The van der Waals surface area contributed by atoms with Crippen LogP contribution < -0.4 is 5.73 Å². The number of primary amides is 1. The SMILES string of the molecule is CS(=O)(=O)c1cccc(C(O)(C(N)=O)c2ccccc2)c1. The van der Waals surface area contributed by atoms with E-state index in [0.717, 1.165) is 6.26 Å². The third-order valence-electron chi connectivity index (χ3n) is 3.23. The molecule has 2 aromatic rings. The summed E-state index contributed by atoms with van der Waals surface area (Å²) in [6.45, 7) is 0. The van der Waals surface area contributed by atoms with Crippen LogP contribution in [0.2, 0.25) is 0 Å². The van der Waals surface area contributed by atoms with Gasteiger partial charge in [-0.15, -0.1) is 0 Å². The van der Waals surface area contributed by atoms with Gasteiger partial charge >= 0.3 is 0 Å². The van der Waals surface area contributed by atoms with E-state index in [9.17, 15) is 18.3 Å². The summed E-state index contributed by atoms with van der Waals surface area (Å²) in [4.78, 5) is 11.8. The zero-order valence-electron chi connectivity index (χ0n) is 11.4. The van der Waals surface area contributed by atoms with Crippen LogP contribution in [0.1, 0.15) is 11.1 Å². The maximum atomic E-state index is 11.8. The lowest BCUT2D eigenvalue weighted by Gasteiger charge is -2.26. The summed E-state index contributed by atoms with van der Waals surface area (Å²) in [5, 5.41) is 10.8. The van der Waals surface area contributed by atoms with Crippen LogP contribution in [-0.2, 0) is 20.2 Å². The Morgan fingerprint density at radius 1 is 1.05 bits per heavy atom. The minimum atomic E-state index is -3.46. The van der Waals surface area contributed by atoms with Crippen molar-refractivity contribution in [1.82, 2.24) is 0 Å². The number of hydrogen-bond donors (Lipinski definition) is 2. The Bertz CT molecular complexity index is 771. The smallest absolute Gasteiger partial charge is 0.258 e. The monoisotopic (exact) mass is 305 g/mol. The number of rotatable bonds is 4. The molecule has 0 aliphatic carbocycles. The van der Waals surface area contributed by atoms with E-state index in [1.807, 2.05) is 0 Å². The Kier molecular flexibility index (Phi) is 3.85. The van der Waals surface area contributed by atoms with Crippen molar-refractivity contribution in [2.45, 2.75) is 10.5 Å². The molecule has 6 heteroatoms. The molecule has 2 rings (SSSR count). The van der Waals surface area contributed by atoms with Crippen molar-refractivity contribution < 1.29 is 18.3 Å². The second kappa shape index (κ2) is 5.31. The van der Waals surface area contributed by atoms with Crippen molar-refractivity contribution in [2.24, 2.45) is 5.73 Å². The van der Waals surface area contributed by atoms with Crippen LogP contribution in [0.15, 0.2) is 59.5 Å². The summed E-state index contributed by atoms with van der Waals surface area (Å²) in [5.41, 5.74) is 3.67. The van der Waals surface area contributed by atoms with Gasteiger partial charge in [0.25, 0.3) is 5.91 Å². The van der Waals surface area contributed by atoms with Gasteiger partial charge in [-0.2, -0.15) is 0 Å². The van der Waals surface area contributed by atoms with Gasteiger partial charge in [0, 0.05) is 6.26 Å². The molecular weight excluding hydrogens is 290 g/mol. The average molecular weight is 305 g/mol. The molecule has 0 saturated heterocycles. The van der Waals surface area contributed by atoms with E-state index in [1.165, 1.54) is 24.3 Å². The Hall–Kier alpha value is -2.18. The molecule has 1 amide bonds. The van der Waals surface area contributed by atoms with Gasteiger partial charge in [0.1, 0.15) is 0 Å². The van der Waals surface area contributed by atoms with Crippen LogP contribution in [0.3, 0.4) is 0 Å². The molecular formula is C15H15NO4S. The van der Waals surface area contributed by atoms with Gasteiger partial charge in [-0.3, -0.25) is 4.79 Å². The molecule has 0 radical (unpaired) electrons. The molecule has 0 bridgehead atoms. The van der Waals surface area contributed by atoms with E-state index in [1.54, 1.807) is 30.3 Å². The summed E-state index contributed by atoms with van der Waals surface area (Å²) in [6.07, 6.45) is 1.05. The second-order valence-corrected chi connectivity index (χ2v) is 6.76. The number of aliphatic hydroxyl groups is 1. The highest BCUT2D eigenvalue weighted by atomic mass is 32.2. The lowest BCUT2D eigenvalue weighted by atomic mass is 9.86. The molecule has 3 N–H and O–H groups in total. The normalized spacial score (nSPS) is 14.4. The summed E-state index contributed by atoms with van der Waals surface area (Å²) in [6, 6.07) is 13.7. The molecule has 0 saturated carbocycles. The first-order valence-electron chi connectivity index (χ1n) is 6.14. The maximum absolute atomic E-state index is 11.8. The standard InChI is InChI=1S/C15H15NO4S/c1-21(19,20)13-9-5-8-12(10-13)15(18,14(16)17)11-6-3-2-4-7-11/h2-10,18H,1H3,(H2,16,17). The van der Waals surface area contributed by atoms with Crippen LogP contribution in [0.4, 0.5) is 0 Å². The quantitative estimate of drug-likeness (QED) is 0.873. The van der Waals surface area contributed by atoms with Crippen LogP contribution in [0.5, 0.6) is 0 Å². The van der Waals surface area contributed by atoms with Gasteiger partial charge in [-0.1, -0.05) is 42.5 Å². The van der Waals surface area contributed by atoms with Gasteiger partial charge in [0.15, 0.2) is 15.4 Å². The van der Waals surface area contributed by atoms with Gasteiger partial charge in [0.05, 0.1) is 4.90 Å². The predicted molar refractivity (Wildman–Crippen MR) is 78.2 cm³/mol. The molecule has 110 valence electrons. The first-order chi connectivity index (χ1) is 9.76. The van der Waals surface area contributed by atoms with Crippen LogP contribution in [0, 0.1) is 0 Å². The van der Waals surface area contributed by atoms with Crippen molar-refractivity contribution in [1.29, 1.82) is 0 Å². The molecule has 5 nitrogen and oxygen atoms in total. The van der Waals surface area contributed by atoms with Crippen LogP contribution in [-0.4, -0.2) is 25.7 Å². The van der Waals surface area contributed by atoms with E-state index >= 15 is 0 Å². The van der Waals surface area contributed by atoms with E-state index in [4.69, 9.17) is 5.73 Å². The number of nitrogens with two attached hydrogens (primary N) is 1. The fourth-order valence-electron chi connectivity index (χ4n) is 2.08. The first kappa shape index (κ1) is 15.2. The van der Waals surface area contributed by atoms with Gasteiger partial charge < -0.3 is 10.8 Å². The topological polar surface area (TPSA) is 97.5 Å². The number of amides is 1. The van der Waals surface area contributed by atoms with E-state index in [2.05, 4.69) is 0 Å². The fraction of sp³-hybridized carbons (Fsp3) is 0.133. The molecule has 21 heavy (non-hydrogen) atoms. The molecule has 0 aliphatic rings. The Morgan fingerprint density at radius 3 is 2.14 bits per heavy atom. The van der Waals surface area contributed by atoms with Gasteiger partial charge in [-0.25, -0.2) is 8.42 Å². The third-order valence-corrected chi connectivity index (χ3v) is 4.34. The average Bonchev–Trinajstić information content (AvgIpc) is 2.46. The minimum absolute atomic E-state index is 0.00982. The number of sulfone groups is 1. The molecule has 0 aliphatic heterocycles. The van der Waals surface area contributed by atoms with Crippen molar-refractivity contribution in [3.8, 4) is 0 Å².